The summed E-state index contributed by atoms with van der Waals surface area (Å²) in [4.78, 5) is 11.9. The highest BCUT2D eigenvalue weighted by molar-refractivity contribution is 9.10. The van der Waals surface area contributed by atoms with Gasteiger partial charge >= 0.3 is 0 Å². The summed E-state index contributed by atoms with van der Waals surface area (Å²) in [5.41, 5.74) is 1.75. The zero-order chi connectivity index (χ0) is 13.0. The zero-order valence-corrected chi connectivity index (χ0v) is 11.5. The van der Waals surface area contributed by atoms with E-state index in [1.165, 1.54) is 0 Å². The van der Waals surface area contributed by atoms with Gasteiger partial charge in [0.2, 0.25) is 0 Å². The minimum atomic E-state index is -0.0954. The number of carbonyl (C=O) groups is 1. The van der Waals surface area contributed by atoms with E-state index < -0.39 is 0 Å². The lowest BCUT2D eigenvalue weighted by Crippen LogP contribution is -2.27. The number of nitrogens with one attached hydrogen (secondary N) is 1. The molecule has 0 unspecified atom stereocenters. The van der Waals surface area contributed by atoms with Crippen molar-refractivity contribution in [3.8, 4) is 0 Å². The Morgan fingerprint density at radius 1 is 1.50 bits per heavy atom. The Hall–Kier alpha value is -1.69. The summed E-state index contributed by atoms with van der Waals surface area (Å²) in [5.74, 6) is -0.0954. The molecule has 94 valence electrons. The van der Waals surface area contributed by atoms with Crippen molar-refractivity contribution >= 4 is 21.8 Å². The van der Waals surface area contributed by atoms with Crippen LogP contribution in [0.1, 0.15) is 15.9 Å². The number of halogens is 1. The molecule has 1 amide bonds. The first-order valence-corrected chi connectivity index (χ1v) is 6.34. The fourth-order valence-electron chi connectivity index (χ4n) is 1.54. The number of nitrogens with zero attached hydrogens (tertiary/aromatic N) is 3. The van der Waals surface area contributed by atoms with Crippen molar-refractivity contribution in [2.24, 2.45) is 0 Å². The van der Waals surface area contributed by atoms with E-state index in [1.807, 2.05) is 25.1 Å². The minimum absolute atomic E-state index is 0.0954. The molecule has 0 aliphatic heterocycles. The van der Waals surface area contributed by atoms with Crippen LogP contribution in [0.3, 0.4) is 0 Å². The second-order valence-corrected chi connectivity index (χ2v) is 4.76. The Morgan fingerprint density at radius 2 is 2.33 bits per heavy atom. The minimum Gasteiger partial charge on any atom is -0.350 e. The average Bonchev–Trinajstić information content (AvgIpc) is 2.81. The van der Waals surface area contributed by atoms with Crippen LogP contribution in [0.2, 0.25) is 0 Å². The summed E-state index contributed by atoms with van der Waals surface area (Å²) in [7, 11) is 0. The molecule has 0 saturated heterocycles. The van der Waals surface area contributed by atoms with E-state index >= 15 is 0 Å². The van der Waals surface area contributed by atoms with Crippen molar-refractivity contribution in [3.05, 3.63) is 46.2 Å². The summed E-state index contributed by atoms with van der Waals surface area (Å²) < 4.78 is 2.48. The number of aryl methyl sites for hydroxylation is 1. The monoisotopic (exact) mass is 308 g/mol. The van der Waals surface area contributed by atoms with E-state index in [0.717, 1.165) is 10.0 Å². The molecule has 5 nitrogen and oxygen atoms in total. The van der Waals surface area contributed by atoms with Crippen molar-refractivity contribution in [3.63, 3.8) is 0 Å². The van der Waals surface area contributed by atoms with E-state index in [2.05, 4.69) is 31.6 Å². The summed E-state index contributed by atoms with van der Waals surface area (Å²) in [5, 5.41) is 10.4. The smallest absolute Gasteiger partial charge is 0.252 e. The molecule has 2 aromatic rings. The molecule has 0 aliphatic rings. The molecular weight excluding hydrogens is 296 g/mol. The predicted molar refractivity (Wildman–Crippen MR) is 71.2 cm³/mol. The van der Waals surface area contributed by atoms with Gasteiger partial charge in [-0.3, -0.25) is 9.48 Å². The quantitative estimate of drug-likeness (QED) is 0.936. The molecule has 0 bridgehead atoms. The van der Waals surface area contributed by atoms with Gasteiger partial charge in [0.05, 0.1) is 18.3 Å². The Morgan fingerprint density at radius 3 is 3.00 bits per heavy atom. The summed E-state index contributed by atoms with van der Waals surface area (Å²) in [6, 6.07) is 5.65. The van der Waals surface area contributed by atoms with Crippen molar-refractivity contribution in [2.45, 2.75) is 13.5 Å². The van der Waals surface area contributed by atoms with Crippen molar-refractivity contribution in [1.82, 2.24) is 20.3 Å². The van der Waals surface area contributed by atoms with Crippen LogP contribution in [0.15, 0.2) is 35.1 Å². The third-order valence-electron chi connectivity index (χ3n) is 2.47. The molecule has 1 heterocycles. The molecular formula is C12H13BrN4O. The maximum atomic E-state index is 11.9. The highest BCUT2D eigenvalue weighted by Crippen LogP contribution is 2.17. The fraction of sp³-hybridized carbons (Fsp3) is 0.250. The van der Waals surface area contributed by atoms with Gasteiger partial charge in [-0.25, -0.2) is 0 Å². The second kappa shape index (κ2) is 5.77. The van der Waals surface area contributed by atoms with E-state index in [4.69, 9.17) is 0 Å². The lowest BCUT2D eigenvalue weighted by atomic mass is 10.1. The Kier molecular flexibility index (Phi) is 4.09. The van der Waals surface area contributed by atoms with E-state index in [0.29, 0.717) is 18.7 Å². The molecule has 0 radical (unpaired) electrons. The van der Waals surface area contributed by atoms with Crippen LogP contribution in [-0.4, -0.2) is 27.4 Å². The molecule has 1 N–H and O–H groups in total. The number of carbonyl (C=O) groups excluding carboxylic acids is 1. The number of hydrogen-bond donors (Lipinski definition) is 1. The third kappa shape index (κ3) is 3.16. The van der Waals surface area contributed by atoms with Crippen LogP contribution >= 0.6 is 15.9 Å². The first-order valence-electron chi connectivity index (χ1n) is 5.55. The molecule has 0 saturated carbocycles. The summed E-state index contributed by atoms with van der Waals surface area (Å²) in [6.45, 7) is 3.11. The van der Waals surface area contributed by atoms with Gasteiger partial charge in [-0.1, -0.05) is 11.3 Å². The largest absolute Gasteiger partial charge is 0.350 e. The third-order valence-corrected chi connectivity index (χ3v) is 3.12. The van der Waals surface area contributed by atoms with Crippen LogP contribution in [0.25, 0.3) is 0 Å². The summed E-state index contributed by atoms with van der Waals surface area (Å²) >= 11 is 3.39. The van der Waals surface area contributed by atoms with E-state index in [1.54, 1.807) is 17.1 Å². The fourth-order valence-corrected chi connectivity index (χ4v) is 2.21. The van der Waals surface area contributed by atoms with Crippen LogP contribution in [0.5, 0.6) is 0 Å². The first-order chi connectivity index (χ1) is 8.66. The van der Waals surface area contributed by atoms with Gasteiger partial charge in [0.25, 0.3) is 5.91 Å². The Balaban J connectivity index is 1.91. The van der Waals surface area contributed by atoms with E-state index in [-0.39, 0.29) is 5.91 Å². The molecule has 18 heavy (non-hydrogen) atoms. The topological polar surface area (TPSA) is 59.8 Å². The number of hydrogen-bond acceptors (Lipinski definition) is 3. The first kappa shape index (κ1) is 12.8. The number of amides is 1. The van der Waals surface area contributed by atoms with Crippen molar-refractivity contribution in [1.29, 1.82) is 0 Å². The number of benzene rings is 1. The van der Waals surface area contributed by atoms with Gasteiger partial charge in [-0.2, -0.15) is 0 Å². The van der Waals surface area contributed by atoms with Crippen LogP contribution < -0.4 is 5.32 Å². The van der Waals surface area contributed by atoms with Crippen LogP contribution in [0.4, 0.5) is 0 Å². The lowest BCUT2D eigenvalue weighted by Gasteiger charge is -2.07. The number of rotatable bonds is 4. The molecule has 0 spiro atoms. The maximum absolute atomic E-state index is 11.9. The maximum Gasteiger partial charge on any atom is 0.252 e. The summed E-state index contributed by atoms with van der Waals surface area (Å²) in [6.07, 6.45) is 3.37. The molecule has 1 aromatic carbocycles. The van der Waals surface area contributed by atoms with Gasteiger partial charge in [-0.05, 0) is 40.5 Å². The molecule has 0 aliphatic carbocycles. The highest BCUT2D eigenvalue weighted by atomic mass is 79.9. The van der Waals surface area contributed by atoms with Crippen molar-refractivity contribution in [2.75, 3.05) is 6.54 Å². The molecule has 0 atom stereocenters. The zero-order valence-electron chi connectivity index (χ0n) is 9.93. The molecule has 1 aromatic heterocycles. The Labute approximate surface area is 113 Å². The average molecular weight is 309 g/mol. The highest BCUT2D eigenvalue weighted by Gasteiger charge is 2.09. The predicted octanol–water partition coefficient (Wildman–Crippen LogP) is 1.78. The lowest BCUT2D eigenvalue weighted by molar-refractivity contribution is 0.0951. The SMILES string of the molecule is Cc1ccc(C(=O)NCCn2ccnn2)c(Br)c1. The van der Waals surface area contributed by atoms with Gasteiger partial charge < -0.3 is 5.32 Å². The Bertz CT molecular complexity index is 539. The standard InChI is InChI=1S/C12H13BrN4O/c1-9-2-3-10(11(13)8-9)12(18)14-4-6-17-7-5-15-16-17/h2-3,5,7-8H,4,6H2,1H3,(H,14,18). The van der Waals surface area contributed by atoms with Gasteiger partial charge in [0, 0.05) is 17.2 Å². The van der Waals surface area contributed by atoms with Gasteiger partial charge in [0.15, 0.2) is 0 Å². The van der Waals surface area contributed by atoms with Gasteiger partial charge in [-0.15, -0.1) is 5.10 Å². The second-order valence-electron chi connectivity index (χ2n) is 3.91. The number of aromatic nitrogens is 3. The molecule has 0 fully saturated rings. The molecule has 2 rings (SSSR count). The van der Waals surface area contributed by atoms with Crippen LogP contribution in [0, 0.1) is 6.92 Å². The van der Waals surface area contributed by atoms with Crippen molar-refractivity contribution < 1.29 is 4.79 Å². The normalized spacial score (nSPS) is 10.3. The molecule has 6 heteroatoms. The van der Waals surface area contributed by atoms with E-state index in [9.17, 15) is 4.79 Å². The van der Waals surface area contributed by atoms with Gasteiger partial charge in [0.1, 0.15) is 0 Å². The van der Waals surface area contributed by atoms with Crippen LogP contribution in [-0.2, 0) is 6.54 Å².